The van der Waals surface area contributed by atoms with Gasteiger partial charge in [-0.1, -0.05) is 30.3 Å². The van der Waals surface area contributed by atoms with Crippen LogP contribution in [0.1, 0.15) is 24.0 Å². The summed E-state index contributed by atoms with van der Waals surface area (Å²) < 4.78 is 10.4. The van der Waals surface area contributed by atoms with Gasteiger partial charge in [0.05, 0.1) is 4.92 Å². The Bertz CT molecular complexity index is 936. The van der Waals surface area contributed by atoms with E-state index >= 15 is 0 Å². The average molecular weight is 480 g/mol. The van der Waals surface area contributed by atoms with Crippen LogP contribution in [0.15, 0.2) is 59.6 Å². The van der Waals surface area contributed by atoms with Crippen LogP contribution in [-0.4, -0.2) is 35.5 Å². The van der Waals surface area contributed by atoms with Crippen LogP contribution < -0.4 is 16.8 Å². The van der Waals surface area contributed by atoms with E-state index < -0.39 is 23.0 Å². The van der Waals surface area contributed by atoms with Gasteiger partial charge in [-0.25, -0.2) is 9.59 Å². The van der Waals surface area contributed by atoms with E-state index in [9.17, 15) is 19.7 Å². The Morgan fingerprint density at radius 2 is 1.61 bits per heavy atom. The second-order valence-corrected chi connectivity index (χ2v) is 6.74. The van der Waals surface area contributed by atoms with Crippen molar-refractivity contribution in [2.24, 2.45) is 16.5 Å². The number of aliphatic imine (C=N–C) groups is 1. The number of amides is 1. The number of alkyl carbamates (subject to hydrolysis) is 1. The molecule has 0 spiro atoms. The number of nitrogens with one attached hydrogen (secondary N) is 1. The van der Waals surface area contributed by atoms with E-state index in [1.807, 2.05) is 18.2 Å². The number of nitro groups is 1. The maximum Gasteiger partial charge on any atom is 0.408 e. The number of non-ortho nitro benzene ring substituents is 1. The quantitative estimate of drug-likeness (QED) is 0.110. The molecule has 0 bridgehead atoms. The number of halogens is 1. The summed E-state index contributed by atoms with van der Waals surface area (Å²) in [6.07, 6.45) is -0.141. The molecule has 0 aromatic heterocycles. The molecule has 1 amide bonds. The Morgan fingerprint density at radius 1 is 1.00 bits per heavy atom. The molecule has 12 heteroatoms. The lowest BCUT2D eigenvalue weighted by Gasteiger charge is -2.17. The van der Waals surface area contributed by atoms with Crippen LogP contribution in [0.3, 0.4) is 0 Å². The number of guanidine groups is 1. The number of hydrogen-bond donors (Lipinski definition) is 3. The van der Waals surface area contributed by atoms with Crippen molar-refractivity contribution in [2.45, 2.75) is 32.1 Å². The first-order valence-electron chi connectivity index (χ1n) is 9.77. The lowest BCUT2D eigenvalue weighted by Crippen LogP contribution is -2.42. The molecule has 0 heterocycles. The van der Waals surface area contributed by atoms with Crippen molar-refractivity contribution in [3.8, 4) is 0 Å². The number of carbonyl (C=O) groups is 2. The molecule has 0 aliphatic carbocycles. The highest BCUT2D eigenvalue weighted by Crippen LogP contribution is 2.13. The van der Waals surface area contributed by atoms with Crippen molar-refractivity contribution in [1.29, 1.82) is 0 Å². The molecule has 0 aliphatic heterocycles. The number of nitrogens with zero attached hydrogens (tertiary/aromatic N) is 2. The van der Waals surface area contributed by atoms with Crippen molar-refractivity contribution in [3.63, 3.8) is 0 Å². The standard InChI is InChI=1S/C21H25N5O6.ClH/c22-20(23)24-12-4-7-18(25-21(28)32-14-15-5-2-1-3-6-15)19(27)31-13-16-8-10-17(11-9-16)26(29)30;/h1-3,5-6,8-11,18H,4,7,12-14H2,(H,25,28)(H4,22,23,24);1H/t18-;/m0./s1. The minimum Gasteiger partial charge on any atom is -0.459 e. The molecule has 2 rings (SSSR count). The van der Waals surface area contributed by atoms with E-state index in [1.165, 1.54) is 24.3 Å². The number of nitrogens with two attached hydrogens (primary N) is 2. The van der Waals surface area contributed by atoms with Gasteiger partial charge in [0, 0.05) is 18.7 Å². The minimum atomic E-state index is -0.981. The average Bonchev–Trinajstić information content (AvgIpc) is 2.78. The molecular formula is C21H26ClN5O6. The number of nitro benzene ring substituents is 1. The second kappa shape index (κ2) is 14.2. The summed E-state index contributed by atoms with van der Waals surface area (Å²) in [4.78, 5) is 38.8. The lowest BCUT2D eigenvalue weighted by atomic mass is 10.1. The molecule has 0 aliphatic rings. The third-order valence-corrected chi connectivity index (χ3v) is 4.26. The second-order valence-electron chi connectivity index (χ2n) is 6.74. The lowest BCUT2D eigenvalue weighted by molar-refractivity contribution is -0.384. The van der Waals surface area contributed by atoms with E-state index in [1.54, 1.807) is 12.1 Å². The Balaban J connectivity index is 0.00000544. The third-order valence-electron chi connectivity index (χ3n) is 4.26. The molecule has 2 aromatic carbocycles. The smallest absolute Gasteiger partial charge is 0.408 e. The van der Waals surface area contributed by atoms with Gasteiger partial charge < -0.3 is 26.3 Å². The van der Waals surface area contributed by atoms with Crippen LogP contribution in [0, 0.1) is 10.1 Å². The Kier molecular flexibility index (Phi) is 11.7. The SMILES string of the molecule is Cl.NC(N)=NCCC[C@H](NC(=O)OCc1ccccc1)C(=O)OCc1ccc([N+](=O)[O-])cc1. The number of ether oxygens (including phenoxy) is 2. The first kappa shape index (κ1) is 27.2. The van der Waals surface area contributed by atoms with Crippen LogP contribution in [0.2, 0.25) is 0 Å². The van der Waals surface area contributed by atoms with E-state index in [4.69, 9.17) is 20.9 Å². The summed E-state index contributed by atoms with van der Waals surface area (Å²) >= 11 is 0. The highest BCUT2D eigenvalue weighted by molar-refractivity contribution is 5.85. The molecule has 178 valence electrons. The van der Waals surface area contributed by atoms with Crippen LogP contribution in [0.4, 0.5) is 10.5 Å². The van der Waals surface area contributed by atoms with Gasteiger partial charge in [-0.3, -0.25) is 15.1 Å². The summed E-state index contributed by atoms with van der Waals surface area (Å²) in [5, 5.41) is 13.2. The van der Waals surface area contributed by atoms with E-state index in [-0.39, 0.29) is 50.2 Å². The Labute approximate surface area is 196 Å². The molecular weight excluding hydrogens is 454 g/mol. The van der Waals surface area contributed by atoms with Crippen LogP contribution in [-0.2, 0) is 27.5 Å². The van der Waals surface area contributed by atoms with Gasteiger partial charge in [0.15, 0.2) is 5.96 Å². The molecule has 0 radical (unpaired) electrons. The van der Waals surface area contributed by atoms with Gasteiger partial charge in [0.1, 0.15) is 19.3 Å². The molecule has 0 saturated carbocycles. The van der Waals surface area contributed by atoms with Crippen LogP contribution >= 0.6 is 12.4 Å². The zero-order chi connectivity index (χ0) is 23.3. The molecule has 2 aromatic rings. The molecule has 0 fully saturated rings. The fourth-order valence-corrected chi connectivity index (χ4v) is 2.63. The number of benzene rings is 2. The third kappa shape index (κ3) is 10.3. The number of rotatable bonds is 11. The number of carbonyl (C=O) groups excluding carboxylic acids is 2. The summed E-state index contributed by atoms with van der Waals surface area (Å²) in [7, 11) is 0. The van der Waals surface area contributed by atoms with E-state index in [0.29, 0.717) is 12.0 Å². The van der Waals surface area contributed by atoms with E-state index in [0.717, 1.165) is 5.56 Å². The maximum atomic E-state index is 12.5. The van der Waals surface area contributed by atoms with Crippen molar-refractivity contribution in [1.82, 2.24) is 5.32 Å². The molecule has 5 N–H and O–H groups in total. The first-order valence-corrected chi connectivity index (χ1v) is 9.77. The largest absolute Gasteiger partial charge is 0.459 e. The normalized spacial score (nSPS) is 10.8. The van der Waals surface area contributed by atoms with Gasteiger partial charge in [-0.2, -0.15) is 0 Å². The van der Waals surface area contributed by atoms with Crippen molar-refractivity contribution >= 4 is 36.1 Å². The van der Waals surface area contributed by atoms with Crippen molar-refractivity contribution < 1.29 is 24.0 Å². The van der Waals surface area contributed by atoms with Gasteiger partial charge in [-0.15, -0.1) is 12.4 Å². The summed E-state index contributed by atoms with van der Waals surface area (Å²) in [5.41, 5.74) is 11.9. The minimum absolute atomic E-state index is 0. The zero-order valence-electron chi connectivity index (χ0n) is 17.7. The fraction of sp³-hybridized carbons (Fsp3) is 0.286. The molecule has 0 unspecified atom stereocenters. The van der Waals surface area contributed by atoms with E-state index in [2.05, 4.69) is 10.3 Å². The molecule has 33 heavy (non-hydrogen) atoms. The monoisotopic (exact) mass is 479 g/mol. The summed E-state index contributed by atoms with van der Waals surface area (Å²) in [6, 6.07) is 13.7. The predicted molar refractivity (Wildman–Crippen MR) is 124 cm³/mol. The maximum absolute atomic E-state index is 12.5. The fourth-order valence-electron chi connectivity index (χ4n) is 2.63. The topological polar surface area (TPSA) is 172 Å². The van der Waals surface area contributed by atoms with Gasteiger partial charge in [0.2, 0.25) is 0 Å². The van der Waals surface area contributed by atoms with Gasteiger partial charge in [0.25, 0.3) is 5.69 Å². The van der Waals surface area contributed by atoms with Crippen LogP contribution in [0.5, 0.6) is 0 Å². The van der Waals surface area contributed by atoms with Gasteiger partial charge >= 0.3 is 12.1 Å². The Hall–Kier alpha value is -3.86. The number of hydrogen-bond acceptors (Lipinski definition) is 7. The van der Waals surface area contributed by atoms with Crippen LogP contribution in [0.25, 0.3) is 0 Å². The predicted octanol–water partition coefficient (Wildman–Crippen LogP) is 2.41. The van der Waals surface area contributed by atoms with Gasteiger partial charge in [-0.05, 0) is 36.1 Å². The zero-order valence-corrected chi connectivity index (χ0v) is 18.5. The highest BCUT2D eigenvalue weighted by atomic mass is 35.5. The van der Waals surface area contributed by atoms with Crippen molar-refractivity contribution in [3.05, 3.63) is 75.8 Å². The summed E-state index contributed by atoms with van der Waals surface area (Å²) in [5.74, 6) is -0.748. The Morgan fingerprint density at radius 3 is 2.21 bits per heavy atom. The molecule has 11 nitrogen and oxygen atoms in total. The highest BCUT2D eigenvalue weighted by Gasteiger charge is 2.23. The molecule has 0 saturated heterocycles. The number of esters is 1. The first-order chi connectivity index (χ1) is 15.3. The summed E-state index contributed by atoms with van der Waals surface area (Å²) in [6.45, 7) is 0.211. The van der Waals surface area contributed by atoms with Crippen molar-refractivity contribution in [2.75, 3.05) is 6.54 Å². The molecule has 1 atom stereocenters.